The predicted molar refractivity (Wildman–Crippen MR) is 82.7 cm³/mol. The molecule has 0 unspecified atom stereocenters. The van der Waals surface area contributed by atoms with Crippen LogP contribution < -0.4 is 10.5 Å². The van der Waals surface area contributed by atoms with Crippen LogP contribution in [0.3, 0.4) is 0 Å². The summed E-state index contributed by atoms with van der Waals surface area (Å²) in [6, 6.07) is 12.7. The van der Waals surface area contributed by atoms with Crippen LogP contribution in [0.2, 0.25) is 5.02 Å². The summed E-state index contributed by atoms with van der Waals surface area (Å²) in [5, 5.41) is 0.459. The lowest BCUT2D eigenvalue weighted by Gasteiger charge is -2.11. The Morgan fingerprint density at radius 3 is 2.52 bits per heavy atom. The van der Waals surface area contributed by atoms with Gasteiger partial charge in [-0.15, -0.1) is 0 Å². The molecular weight excluding hydrogens is 312 g/mol. The SMILES string of the molecule is NC(=O)c1ccccc1NS(=O)(=O)Cc1cccc(Cl)c1. The van der Waals surface area contributed by atoms with E-state index in [4.69, 9.17) is 17.3 Å². The number of nitrogens with one attached hydrogen (secondary N) is 1. The van der Waals surface area contributed by atoms with Gasteiger partial charge in [-0.25, -0.2) is 8.42 Å². The van der Waals surface area contributed by atoms with Crippen LogP contribution >= 0.6 is 11.6 Å². The van der Waals surface area contributed by atoms with Crippen LogP contribution in [-0.2, 0) is 15.8 Å². The Morgan fingerprint density at radius 2 is 1.86 bits per heavy atom. The van der Waals surface area contributed by atoms with Gasteiger partial charge in [0.2, 0.25) is 10.0 Å². The number of hydrogen-bond acceptors (Lipinski definition) is 3. The molecule has 0 spiro atoms. The molecule has 0 radical (unpaired) electrons. The number of para-hydroxylation sites is 1. The van der Waals surface area contributed by atoms with Crippen LogP contribution in [0.15, 0.2) is 48.5 Å². The van der Waals surface area contributed by atoms with Crippen molar-refractivity contribution >= 4 is 33.2 Å². The van der Waals surface area contributed by atoms with Crippen molar-refractivity contribution in [2.45, 2.75) is 5.75 Å². The number of nitrogens with two attached hydrogens (primary N) is 1. The molecular formula is C14H13ClN2O3S. The Bertz CT molecular complexity index is 775. The van der Waals surface area contributed by atoms with Gasteiger partial charge in [-0.05, 0) is 29.8 Å². The van der Waals surface area contributed by atoms with E-state index in [1.54, 1.807) is 36.4 Å². The summed E-state index contributed by atoms with van der Waals surface area (Å²) in [5.74, 6) is -0.947. The summed E-state index contributed by atoms with van der Waals surface area (Å²) in [6.45, 7) is 0. The standard InChI is InChI=1S/C14H13ClN2O3S/c15-11-5-3-4-10(8-11)9-21(19,20)17-13-7-2-1-6-12(13)14(16)18/h1-8,17H,9H2,(H2,16,18). The molecule has 0 bridgehead atoms. The molecule has 0 saturated heterocycles. The molecule has 5 nitrogen and oxygen atoms in total. The van der Waals surface area contributed by atoms with E-state index in [1.807, 2.05) is 0 Å². The Hall–Kier alpha value is -2.05. The molecule has 0 saturated carbocycles. The second-order valence-corrected chi connectivity index (χ2v) is 6.56. The van der Waals surface area contributed by atoms with Crippen LogP contribution in [0.1, 0.15) is 15.9 Å². The summed E-state index contributed by atoms with van der Waals surface area (Å²) >= 11 is 5.82. The minimum atomic E-state index is -3.68. The highest BCUT2D eigenvalue weighted by atomic mass is 35.5. The molecule has 3 N–H and O–H groups in total. The minimum absolute atomic E-state index is 0.118. The molecule has 0 aliphatic rings. The van der Waals surface area contributed by atoms with E-state index < -0.39 is 15.9 Å². The van der Waals surface area contributed by atoms with Crippen molar-refractivity contribution < 1.29 is 13.2 Å². The summed E-state index contributed by atoms with van der Waals surface area (Å²) in [5.41, 5.74) is 6.04. The van der Waals surface area contributed by atoms with E-state index in [2.05, 4.69) is 4.72 Å². The van der Waals surface area contributed by atoms with E-state index >= 15 is 0 Å². The van der Waals surface area contributed by atoms with Crippen LogP contribution in [-0.4, -0.2) is 14.3 Å². The van der Waals surface area contributed by atoms with E-state index in [0.29, 0.717) is 10.6 Å². The van der Waals surface area contributed by atoms with Gasteiger partial charge in [0.25, 0.3) is 5.91 Å². The van der Waals surface area contributed by atoms with Gasteiger partial charge in [0.05, 0.1) is 17.0 Å². The topological polar surface area (TPSA) is 89.3 Å². The number of benzene rings is 2. The minimum Gasteiger partial charge on any atom is -0.366 e. The molecule has 110 valence electrons. The third-order valence-corrected chi connectivity index (χ3v) is 4.18. The molecule has 2 aromatic carbocycles. The van der Waals surface area contributed by atoms with Gasteiger partial charge < -0.3 is 5.73 Å². The molecule has 2 aromatic rings. The Balaban J connectivity index is 2.24. The van der Waals surface area contributed by atoms with E-state index in [-0.39, 0.29) is 17.0 Å². The maximum Gasteiger partial charge on any atom is 0.250 e. The zero-order valence-corrected chi connectivity index (χ0v) is 12.5. The molecule has 21 heavy (non-hydrogen) atoms. The predicted octanol–water partition coefficient (Wildman–Crippen LogP) is 2.38. The van der Waals surface area contributed by atoms with Gasteiger partial charge >= 0.3 is 0 Å². The number of primary amides is 1. The number of rotatable bonds is 5. The van der Waals surface area contributed by atoms with E-state index in [0.717, 1.165) is 0 Å². The third-order valence-electron chi connectivity index (χ3n) is 2.70. The van der Waals surface area contributed by atoms with Gasteiger partial charge in [0, 0.05) is 5.02 Å². The summed E-state index contributed by atoms with van der Waals surface area (Å²) < 4.78 is 26.7. The lowest BCUT2D eigenvalue weighted by molar-refractivity contribution is 0.100. The number of carbonyl (C=O) groups excluding carboxylic acids is 1. The number of carbonyl (C=O) groups is 1. The zero-order valence-electron chi connectivity index (χ0n) is 10.9. The maximum absolute atomic E-state index is 12.1. The first-order valence-corrected chi connectivity index (χ1v) is 8.04. The largest absolute Gasteiger partial charge is 0.366 e. The van der Waals surface area contributed by atoms with Crippen molar-refractivity contribution in [2.24, 2.45) is 5.73 Å². The van der Waals surface area contributed by atoms with E-state index in [9.17, 15) is 13.2 Å². The number of hydrogen-bond donors (Lipinski definition) is 2. The van der Waals surface area contributed by atoms with Gasteiger partial charge in [-0.2, -0.15) is 0 Å². The van der Waals surface area contributed by atoms with Crippen molar-refractivity contribution in [3.8, 4) is 0 Å². The lowest BCUT2D eigenvalue weighted by atomic mass is 10.2. The number of anilines is 1. The normalized spacial score (nSPS) is 11.1. The molecule has 0 atom stereocenters. The van der Waals surface area contributed by atoms with Crippen LogP contribution in [0.4, 0.5) is 5.69 Å². The van der Waals surface area contributed by atoms with Gasteiger partial charge in [-0.3, -0.25) is 9.52 Å². The summed E-state index contributed by atoms with van der Waals surface area (Å²) in [6.07, 6.45) is 0. The molecule has 0 aromatic heterocycles. The quantitative estimate of drug-likeness (QED) is 0.884. The van der Waals surface area contributed by atoms with Crippen LogP contribution in [0.5, 0.6) is 0 Å². The lowest BCUT2D eigenvalue weighted by Crippen LogP contribution is -2.19. The Morgan fingerprint density at radius 1 is 1.14 bits per heavy atom. The van der Waals surface area contributed by atoms with Gasteiger partial charge in [0.15, 0.2) is 0 Å². The highest BCUT2D eigenvalue weighted by Gasteiger charge is 2.15. The first-order valence-electron chi connectivity index (χ1n) is 6.01. The molecule has 1 amide bonds. The smallest absolute Gasteiger partial charge is 0.250 e. The summed E-state index contributed by atoms with van der Waals surface area (Å²) in [7, 11) is -3.68. The molecule has 0 fully saturated rings. The fourth-order valence-corrected chi connectivity index (χ4v) is 3.25. The second kappa shape index (κ2) is 6.15. The van der Waals surface area contributed by atoms with Crippen LogP contribution in [0.25, 0.3) is 0 Å². The number of halogens is 1. The van der Waals surface area contributed by atoms with Crippen LogP contribution in [0, 0.1) is 0 Å². The second-order valence-electron chi connectivity index (χ2n) is 4.40. The molecule has 2 rings (SSSR count). The molecule has 0 aliphatic carbocycles. The highest BCUT2D eigenvalue weighted by Crippen LogP contribution is 2.19. The van der Waals surface area contributed by atoms with Gasteiger partial charge in [0.1, 0.15) is 0 Å². The zero-order chi connectivity index (χ0) is 15.5. The van der Waals surface area contributed by atoms with Crippen molar-refractivity contribution in [2.75, 3.05) is 4.72 Å². The fourth-order valence-electron chi connectivity index (χ4n) is 1.84. The number of amides is 1. The molecule has 7 heteroatoms. The maximum atomic E-state index is 12.1. The monoisotopic (exact) mass is 324 g/mol. The first-order chi connectivity index (χ1) is 9.87. The average molecular weight is 325 g/mol. The van der Waals surface area contributed by atoms with Crippen molar-refractivity contribution in [1.29, 1.82) is 0 Å². The van der Waals surface area contributed by atoms with Crippen molar-refractivity contribution in [1.82, 2.24) is 0 Å². The molecule has 0 aliphatic heterocycles. The van der Waals surface area contributed by atoms with Gasteiger partial charge in [-0.1, -0.05) is 35.9 Å². The van der Waals surface area contributed by atoms with E-state index in [1.165, 1.54) is 12.1 Å². The average Bonchev–Trinajstić information content (AvgIpc) is 2.37. The third kappa shape index (κ3) is 4.21. The first kappa shape index (κ1) is 15.3. The van der Waals surface area contributed by atoms with Crippen molar-refractivity contribution in [3.05, 3.63) is 64.7 Å². The highest BCUT2D eigenvalue weighted by molar-refractivity contribution is 7.91. The molecule has 0 heterocycles. The number of sulfonamides is 1. The summed E-state index contributed by atoms with van der Waals surface area (Å²) in [4.78, 5) is 11.3. The Kier molecular flexibility index (Phi) is 4.50. The fraction of sp³-hybridized carbons (Fsp3) is 0.0714. The Labute approximate surface area is 127 Å². The van der Waals surface area contributed by atoms with Crippen molar-refractivity contribution in [3.63, 3.8) is 0 Å².